The molecule has 1 unspecified atom stereocenters. The zero-order chi connectivity index (χ0) is 9.26. The van der Waals surface area contributed by atoms with Crippen LogP contribution in [0.3, 0.4) is 0 Å². The molecule has 0 spiro atoms. The molecule has 68 valence electrons. The summed E-state index contributed by atoms with van der Waals surface area (Å²) in [5, 5.41) is 2.78. The van der Waals surface area contributed by atoms with Gasteiger partial charge in [-0.2, -0.15) is 0 Å². The number of aromatic nitrogens is 1. The number of nitrogens with zero attached hydrogens (tertiary/aromatic N) is 2. The molecular weight excluding hydrogens is 166 g/mol. The molecule has 2 amide bonds. The van der Waals surface area contributed by atoms with Gasteiger partial charge in [0.05, 0.1) is 17.9 Å². The largest absolute Gasteiger partial charge is 0.336 e. The molecule has 2 rings (SSSR count). The van der Waals surface area contributed by atoms with Gasteiger partial charge in [-0.15, -0.1) is 0 Å². The minimum Gasteiger partial charge on any atom is -0.336 e. The van der Waals surface area contributed by atoms with Crippen molar-refractivity contribution in [1.29, 1.82) is 0 Å². The minimum atomic E-state index is -0.0412. The Bertz CT molecular complexity index is 312. The number of anilines is 1. The Balaban J connectivity index is 2.30. The van der Waals surface area contributed by atoms with Crippen molar-refractivity contribution in [2.24, 2.45) is 0 Å². The number of pyridine rings is 1. The summed E-state index contributed by atoms with van der Waals surface area (Å²) in [7, 11) is 0. The van der Waals surface area contributed by atoms with Gasteiger partial charge in [-0.1, -0.05) is 0 Å². The smallest absolute Gasteiger partial charge is 0.322 e. The SMILES string of the molecule is CC1CNC(=O)N1c1cccnc1. The van der Waals surface area contributed by atoms with Crippen molar-refractivity contribution in [3.8, 4) is 0 Å². The molecule has 0 radical (unpaired) electrons. The molecule has 1 aliphatic heterocycles. The van der Waals surface area contributed by atoms with Gasteiger partial charge in [0.2, 0.25) is 0 Å². The summed E-state index contributed by atoms with van der Waals surface area (Å²) in [4.78, 5) is 17.1. The summed E-state index contributed by atoms with van der Waals surface area (Å²) in [6, 6.07) is 3.87. The van der Waals surface area contributed by atoms with E-state index < -0.39 is 0 Å². The summed E-state index contributed by atoms with van der Waals surface area (Å²) in [6.45, 7) is 2.71. The lowest BCUT2D eigenvalue weighted by molar-refractivity contribution is 0.252. The standard InChI is InChI=1S/C9H11N3O/c1-7-5-11-9(13)12(7)8-3-2-4-10-6-8/h2-4,6-7H,5H2,1H3,(H,11,13). The molecule has 0 saturated carbocycles. The van der Waals surface area contributed by atoms with Gasteiger partial charge in [0.1, 0.15) is 0 Å². The normalized spacial score (nSPS) is 21.8. The molecule has 2 heterocycles. The molecule has 1 aliphatic rings. The first kappa shape index (κ1) is 8.04. The second kappa shape index (κ2) is 3.05. The van der Waals surface area contributed by atoms with Gasteiger partial charge in [0.25, 0.3) is 0 Å². The topological polar surface area (TPSA) is 45.2 Å². The fraction of sp³-hybridized carbons (Fsp3) is 0.333. The summed E-state index contributed by atoms with van der Waals surface area (Å²) in [5.41, 5.74) is 0.852. The molecule has 0 aromatic carbocycles. The fourth-order valence-corrected chi connectivity index (χ4v) is 1.48. The van der Waals surface area contributed by atoms with Crippen molar-refractivity contribution in [3.63, 3.8) is 0 Å². The highest BCUT2D eigenvalue weighted by molar-refractivity contribution is 5.94. The number of nitrogens with one attached hydrogen (secondary N) is 1. The van der Waals surface area contributed by atoms with E-state index in [2.05, 4.69) is 10.3 Å². The van der Waals surface area contributed by atoms with Crippen molar-refractivity contribution < 1.29 is 4.79 Å². The molecule has 1 fully saturated rings. The number of carbonyl (C=O) groups excluding carboxylic acids is 1. The Labute approximate surface area is 76.6 Å². The average Bonchev–Trinajstić information content (AvgIpc) is 2.48. The van der Waals surface area contributed by atoms with Crippen LogP contribution in [0.4, 0.5) is 10.5 Å². The van der Waals surface area contributed by atoms with E-state index in [1.807, 2.05) is 19.1 Å². The van der Waals surface area contributed by atoms with Gasteiger partial charge in [-0.05, 0) is 19.1 Å². The average molecular weight is 177 g/mol. The molecule has 13 heavy (non-hydrogen) atoms. The molecule has 1 atom stereocenters. The first-order valence-corrected chi connectivity index (χ1v) is 4.26. The van der Waals surface area contributed by atoms with E-state index >= 15 is 0 Å². The number of hydrogen-bond donors (Lipinski definition) is 1. The van der Waals surface area contributed by atoms with Crippen LogP contribution >= 0.6 is 0 Å². The number of hydrogen-bond acceptors (Lipinski definition) is 2. The van der Waals surface area contributed by atoms with Crippen LogP contribution in [0, 0.1) is 0 Å². The van der Waals surface area contributed by atoms with Crippen LogP contribution in [0.2, 0.25) is 0 Å². The van der Waals surface area contributed by atoms with Gasteiger partial charge < -0.3 is 5.32 Å². The fourth-order valence-electron chi connectivity index (χ4n) is 1.48. The number of amides is 2. The first-order valence-electron chi connectivity index (χ1n) is 4.26. The minimum absolute atomic E-state index is 0.0412. The second-order valence-electron chi connectivity index (χ2n) is 3.12. The van der Waals surface area contributed by atoms with E-state index in [0.717, 1.165) is 5.69 Å². The summed E-state index contributed by atoms with van der Waals surface area (Å²) in [6.07, 6.45) is 3.39. The lowest BCUT2D eigenvalue weighted by Crippen LogP contribution is -2.32. The molecule has 4 heteroatoms. The van der Waals surface area contributed by atoms with Crippen molar-refractivity contribution in [2.45, 2.75) is 13.0 Å². The van der Waals surface area contributed by atoms with Crippen molar-refractivity contribution >= 4 is 11.7 Å². The highest BCUT2D eigenvalue weighted by Crippen LogP contribution is 2.18. The Hall–Kier alpha value is -1.58. The molecule has 1 aromatic rings. The van der Waals surface area contributed by atoms with Gasteiger partial charge >= 0.3 is 6.03 Å². The van der Waals surface area contributed by atoms with E-state index in [0.29, 0.717) is 6.54 Å². The zero-order valence-electron chi connectivity index (χ0n) is 7.40. The molecule has 1 N–H and O–H groups in total. The molecule has 4 nitrogen and oxygen atoms in total. The van der Waals surface area contributed by atoms with E-state index in [1.54, 1.807) is 17.3 Å². The Morgan fingerprint density at radius 2 is 2.54 bits per heavy atom. The zero-order valence-corrected chi connectivity index (χ0v) is 7.40. The van der Waals surface area contributed by atoms with E-state index in [4.69, 9.17) is 0 Å². The van der Waals surface area contributed by atoms with Crippen molar-refractivity contribution in [3.05, 3.63) is 24.5 Å². The lowest BCUT2D eigenvalue weighted by atomic mass is 10.3. The molecule has 0 bridgehead atoms. The number of urea groups is 1. The monoisotopic (exact) mass is 177 g/mol. The van der Waals surface area contributed by atoms with Crippen LogP contribution < -0.4 is 10.2 Å². The Kier molecular flexibility index (Phi) is 1.88. The maximum absolute atomic E-state index is 11.4. The van der Waals surface area contributed by atoms with Gasteiger partial charge in [-0.3, -0.25) is 9.88 Å². The van der Waals surface area contributed by atoms with Crippen LogP contribution in [-0.4, -0.2) is 23.6 Å². The van der Waals surface area contributed by atoms with Crippen LogP contribution in [0.15, 0.2) is 24.5 Å². The molecule has 1 aromatic heterocycles. The van der Waals surface area contributed by atoms with Gasteiger partial charge in [0, 0.05) is 12.7 Å². The number of rotatable bonds is 1. The highest BCUT2D eigenvalue weighted by atomic mass is 16.2. The van der Waals surface area contributed by atoms with E-state index in [9.17, 15) is 4.79 Å². The predicted molar refractivity (Wildman–Crippen MR) is 49.6 cm³/mol. The van der Waals surface area contributed by atoms with Gasteiger partial charge in [0.15, 0.2) is 0 Å². The number of carbonyl (C=O) groups is 1. The van der Waals surface area contributed by atoms with Crippen LogP contribution in [0.25, 0.3) is 0 Å². The second-order valence-corrected chi connectivity index (χ2v) is 3.12. The Morgan fingerprint density at radius 3 is 3.08 bits per heavy atom. The third-order valence-electron chi connectivity index (χ3n) is 2.13. The highest BCUT2D eigenvalue weighted by Gasteiger charge is 2.28. The predicted octanol–water partition coefficient (Wildman–Crippen LogP) is 1.000. The van der Waals surface area contributed by atoms with Crippen molar-refractivity contribution in [1.82, 2.24) is 10.3 Å². The molecule has 0 aliphatic carbocycles. The molecular formula is C9H11N3O. The summed E-state index contributed by atoms with van der Waals surface area (Å²) in [5.74, 6) is 0. The maximum Gasteiger partial charge on any atom is 0.322 e. The lowest BCUT2D eigenvalue weighted by Gasteiger charge is -2.18. The van der Waals surface area contributed by atoms with Crippen LogP contribution in [0.5, 0.6) is 0 Å². The van der Waals surface area contributed by atoms with E-state index in [-0.39, 0.29) is 12.1 Å². The van der Waals surface area contributed by atoms with E-state index in [1.165, 1.54) is 0 Å². The summed E-state index contributed by atoms with van der Waals surface area (Å²) < 4.78 is 0. The Morgan fingerprint density at radius 1 is 1.69 bits per heavy atom. The summed E-state index contributed by atoms with van der Waals surface area (Å²) >= 11 is 0. The maximum atomic E-state index is 11.4. The van der Waals surface area contributed by atoms with Crippen LogP contribution in [0.1, 0.15) is 6.92 Å². The molecule has 1 saturated heterocycles. The third kappa shape index (κ3) is 1.35. The van der Waals surface area contributed by atoms with Crippen LogP contribution in [-0.2, 0) is 0 Å². The van der Waals surface area contributed by atoms with Gasteiger partial charge in [-0.25, -0.2) is 4.79 Å². The third-order valence-corrected chi connectivity index (χ3v) is 2.13. The van der Waals surface area contributed by atoms with Crippen molar-refractivity contribution in [2.75, 3.05) is 11.4 Å². The first-order chi connectivity index (χ1) is 6.29. The quantitative estimate of drug-likeness (QED) is 0.695.